The van der Waals surface area contributed by atoms with Crippen molar-refractivity contribution in [3.63, 3.8) is 0 Å². The average Bonchev–Trinajstić information content (AvgIpc) is 2.19. The molecule has 0 spiro atoms. The number of nitrogens with two attached hydrogens (primary N) is 2. The maximum atomic E-state index is 11.2. The zero-order valence-corrected chi connectivity index (χ0v) is 8.82. The number of amides is 1. The Morgan fingerprint density at radius 2 is 2.13 bits per heavy atom. The van der Waals surface area contributed by atoms with Crippen LogP contribution in [-0.2, 0) is 4.79 Å². The van der Waals surface area contributed by atoms with Crippen molar-refractivity contribution in [1.29, 1.82) is 0 Å². The number of pyridine rings is 1. The van der Waals surface area contributed by atoms with Crippen LogP contribution in [0.4, 0.5) is 17.3 Å². The van der Waals surface area contributed by atoms with E-state index in [1.54, 1.807) is 26.2 Å². The molecule has 1 amide bonds. The quantitative estimate of drug-likeness (QED) is 0.637. The molecule has 6 nitrogen and oxygen atoms in total. The number of nitrogens with one attached hydrogen (secondary N) is 1. The number of carbonyl (C=O) groups is 1. The summed E-state index contributed by atoms with van der Waals surface area (Å²) in [6.45, 7) is 0.184. The second-order valence-corrected chi connectivity index (χ2v) is 3.31. The fraction of sp³-hybridized carbons (Fsp3) is 0.333. The molecule has 0 atom stereocenters. The van der Waals surface area contributed by atoms with Crippen LogP contribution in [0.1, 0.15) is 0 Å². The summed E-state index contributed by atoms with van der Waals surface area (Å²) in [4.78, 5) is 16.7. The Labute approximate surface area is 88.3 Å². The van der Waals surface area contributed by atoms with Gasteiger partial charge in [0, 0.05) is 14.1 Å². The molecule has 0 radical (unpaired) electrons. The largest absolute Gasteiger partial charge is 0.396 e. The summed E-state index contributed by atoms with van der Waals surface area (Å²) in [7, 11) is 3.38. The molecule has 6 heteroatoms. The van der Waals surface area contributed by atoms with Crippen molar-refractivity contribution in [2.24, 2.45) is 0 Å². The maximum absolute atomic E-state index is 11.2. The van der Waals surface area contributed by atoms with Gasteiger partial charge in [0.25, 0.3) is 0 Å². The summed E-state index contributed by atoms with van der Waals surface area (Å²) in [6.07, 6.45) is 0. The zero-order valence-electron chi connectivity index (χ0n) is 8.82. The molecule has 0 saturated heterocycles. The highest BCUT2D eigenvalue weighted by atomic mass is 16.2. The van der Waals surface area contributed by atoms with Crippen LogP contribution in [0.3, 0.4) is 0 Å². The minimum atomic E-state index is -0.0350. The number of likely N-dealkylation sites (N-methyl/N-ethyl adjacent to an activating group) is 1. The van der Waals surface area contributed by atoms with Crippen molar-refractivity contribution in [1.82, 2.24) is 9.88 Å². The van der Waals surface area contributed by atoms with E-state index >= 15 is 0 Å². The fourth-order valence-electron chi connectivity index (χ4n) is 0.908. The van der Waals surface area contributed by atoms with Gasteiger partial charge in [-0.3, -0.25) is 4.79 Å². The molecule has 0 aliphatic carbocycles. The summed E-state index contributed by atoms with van der Waals surface area (Å²) < 4.78 is 0. The lowest BCUT2D eigenvalue weighted by Crippen LogP contribution is -2.28. The highest BCUT2D eigenvalue weighted by molar-refractivity contribution is 5.80. The SMILES string of the molecule is CN(C)C(=O)CNc1ccc(N)c(N)n1. The Balaban J connectivity index is 2.58. The lowest BCUT2D eigenvalue weighted by molar-refractivity contribution is -0.126. The molecule has 0 saturated carbocycles. The first-order chi connectivity index (χ1) is 7.00. The number of nitrogen functional groups attached to an aromatic ring is 2. The first-order valence-corrected chi connectivity index (χ1v) is 4.46. The smallest absolute Gasteiger partial charge is 0.241 e. The normalized spacial score (nSPS) is 9.73. The molecule has 0 fully saturated rings. The van der Waals surface area contributed by atoms with Crippen LogP contribution in [0.5, 0.6) is 0 Å². The van der Waals surface area contributed by atoms with E-state index < -0.39 is 0 Å². The van der Waals surface area contributed by atoms with Gasteiger partial charge < -0.3 is 21.7 Å². The van der Waals surface area contributed by atoms with Gasteiger partial charge in [0.1, 0.15) is 11.6 Å². The van der Waals surface area contributed by atoms with E-state index in [1.807, 2.05) is 0 Å². The highest BCUT2D eigenvalue weighted by Gasteiger charge is 2.04. The summed E-state index contributed by atoms with van der Waals surface area (Å²) in [5.74, 6) is 0.765. The Hall–Kier alpha value is -1.98. The molecular formula is C9H15N5O. The third-order valence-electron chi connectivity index (χ3n) is 1.88. The van der Waals surface area contributed by atoms with Gasteiger partial charge in [-0.05, 0) is 12.1 Å². The van der Waals surface area contributed by atoms with Gasteiger partial charge in [-0.2, -0.15) is 0 Å². The lowest BCUT2D eigenvalue weighted by Gasteiger charge is -2.11. The lowest BCUT2D eigenvalue weighted by atomic mass is 10.4. The van der Waals surface area contributed by atoms with Gasteiger partial charge in [-0.1, -0.05) is 0 Å². The molecule has 5 N–H and O–H groups in total. The van der Waals surface area contributed by atoms with Gasteiger partial charge in [0.05, 0.1) is 12.2 Å². The Morgan fingerprint density at radius 3 is 2.67 bits per heavy atom. The van der Waals surface area contributed by atoms with Crippen LogP contribution >= 0.6 is 0 Å². The van der Waals surface area contributed by atoms with Gasteiger partial charge in [0.15, 0.2) is 0 Å². The van der Waals surface area contributed by atoms with Crippen LogP contribution in [0.2, 0.25) is 0 Å². The van der Waals surface area contributed by atoms with E-state index in [2.05, 4.69) is 10.3 Å². The third-order valence-corrected chi connectivity index (χ3v) is 1.88. The monoisotopic (exact) mass is 209 g/mol. The molecule has 0 aliphatic heterocycles. The van der Waals surface area contributed by atoms with E-state index in [4.69, 9.17) is 11.5 Å². The molecule has 1 aromatic rings. The van der Waals surface area contributed by atoms with Crippen LogP contribution < -0.4 is 16.8 Å². The van der Waals surface area contributed by atoms with E-state index in [-0.39, 0.29) is 18.3 Å². The number of hydrogen-bond donors (Lipinski definition) is 3. The summed E-state index contributed by atoms with van der Waals surface area (Å²) >= 11 is 0. The van der Waals surface area contributed by atoms with Gasteiger partial charge in [-0.25, -0.2) is 4.98 Å². The topological polar surface area (TPSA) is 97.3 Å². The maximum Gasteiger partial charge on any atom is 0.241 e. The summed E-state index contributed by atoms with van der Waals surface area (Å²) in [5, 5.41) is 2.86. The molecule has 1 aromatic heterocycles. The predicted octanol–water partition coefficient (Wildman–Crippen LogP) is -0.254. The van der Waals surface area contributed by atoms with Crippen LogP contribution in [0.25, 0.3) is 0 Å². The van der Waals surface area contributed by atoms with Crippen molar-refractivity contribution in [3.8, 4) is 0 Å². The van der Waals surface area contributed by atoms with Crippen molar-refractivity contribution in [2.45, 2.75) is 0 Å². The number of hydrogen-bond acceptors (Lipinski definition) is 5. The molecule has 15 heavy (non-hydrogen) atoms. The second-order valence-electron chi connectivity index (χ2n) is 3.31. The summed E-state index contributed by atoms with van der Waals surface area (Å²) in [6, 6.07) is 3.32. The molecular weight excluding hydrogens is 194 g/mol. The molecule has 1 rings (SSSR count). The number of carbonyl (C=O) groups excluding carboxylic acids is 1. The minimum Gasteiger partial charge on any atom is -0.396 e. The summed E-state index contributed by atoms with van der Waals surface area (Å²) in [5.41, 5.74) is 11.4. The van der Waals surface area contributed by atoms with E-state index in [0.29, 0.717) is 11.5 Å². The first-order valence-electron chi connectivity index (χ1n) is 4.46. The molecule has 82 valence electrons. The van der Waals surface area contributed by atoms with Crippen LogP contribution in [-0.4, -0.2) is 36.4 Å². The molecule has 1 heterocycles. The highest BCUT2D eigenvalue weighted by Crippen LogP contribution is 2.14. The number of anilines is 3. The molecule has 0 bridgehead atoms. The van der Waals surface area contributed by atoms with Crippen molar-refractivity contribution < 1.29 is 4.79 Å². The average molecular weight is 209 g/mol. The van der Waals surface area contributed by atoms with Crippen molar-refractivity contribution in [2.75, 3.05) is 37.4 Å². The standard InChI is InChI=1S/C9H15N5O/c1-14(2)8(15)5-12-7-4-3-6(10)9(11)13-7/h3-4H,5,10H2,1-2H3,(H3,11,12,13). The third kappa shape index (κ3) is 3.01. The molecule has 0 aliphatic rings. The van der Waals surface area contributed by atoms with Crippen LogP contribution in [0, 0.1) is 0 Å². The number of rotatable bonds is 3. The van der Waals surface area contributed by atoms with Gasteiger partial charge >= 0.3 is 0 Å². The second kappa shape index (κ2) is 4.50. The Morgan fingerprint density at radius 1 is 1.47 bits per heavy atom. The molecule has 0 unspecified atom stereocenters. The van der Waals surface area contributed by atoms with Gasteiger partial charge in [-0.15, -0.1) is 0 Å². The van der Waals surface area contributed by atoms with E-state index in [1.165, 1.54) is 4.90 Å². The molecule has 0 aromatic carbocycles. The Bertz CT molecular complexity index is 364. The number of aromatic nitrogens is 1. The zero-order chi connectivity index (χ0) is 11.4. The van der Waals surface area contributed by atoms with E-state index in [9.17, 15) is 4.79 Å². The predicted molar refractivity (Wildman–Crippen MR) is 60.2 cm³/mol. The van der Waals surface area contributed by atoms with Crippen LogP contribution in [0.15, 0.2) is 12.1 Å². The van der Waals surface area contributed by atoms with Crippen molar-refractivity contribution >= 4 is 23.2 Å². The number of nitrogens with zero attached hydrogens (tertiary/aromatic N) is 2. The minimum absolute atomic E-state index is 0.0350. The van der Waals surface area contributed by atoms with Crippen molar-refractivity contribution in [3.05, 3.63) is 12.1 Å². The fourth-order valence-corrected chi connectivity index (χ4v) is 0.908. The first kappa shape index (κ1) is 11.1. The van der Waals surface area contributed by atoms with E-state index in [0.717, 1.165) is 0 Å². The Kier molecular flexibility index (Phi) is 3.33. The van der Waals surface area contributed by atoms with Gasteiger partial charge in [0.2, 0.25) is 5.91 Å².